The Balaban J connectivity index is 2.42. The summed E-state index contributed by atoms with van der Waals surface area (Å²) in [6.45, 7) is 0. The summed E-state index contributed by atoms with van der Waals surface area (Å²) in [6.07, 6.45) is 0. The second-order valence-electron chi connectivity index (χ2n) is 3.68. The predicted molar refractivity (Wildman–Crippen MR) is 65.5 cm³/mol. The van der Waals surface area contributed by atoms with E-state index in [1.165, 1.54) is 5.38 Å². The van der Waals surface area contributed by atoms with Crippen molar-refractivity contribution in [1.29, 1.82) is 0 Å². The molecule has 100 valence electrons. The van der Waals surface area contributed by atoms with Crippen LogP contribution < -0.4 is 5.14 Å². The largest absolute Gasteiger partial charge is 0.288 e. The Hall–Kier alpha value is -1.64. The highest BCUT2D eigenvalue weighted by molar-refractivity contribution is 7.89. The Morgan fingerprint density at radius 3 is 2.16 bits per heavy atom. The van der Waals surface area contributed by atoms with Gasteiger partial charge in [-0.05, 0) is 18.2 Å². The number of benzene rings is 1. The van der Waals surface area contributed by atoms with Crippen molar-refractivity contribution in [2.45, 2.75) is 4.90 Å². The number of hydrogen-bond donors (Lipinski definition) is 1. The molecule has 2 N–H and O–H groups in total. The van der Waals surface area contributed by atoms with Crippen LogP contribution in [0.3, 0.4) is 0 Å². The van der Waals surface area contributed by atoms with E-state index in [1.807, 2.05) is 0 Å². The van der Waals surface area contributed by atoms with E-state index in [0.717, 1.165) is 29.5 Å². The van der Waals surface area contributed by atoms with Crippen molar-refractivity contribution in [3.8, 4) is 0 Å². The van der Waals surface area contributed by atoms with E-state index in [1.54, 1.807) is 0 Å². The van der Waals surface area contributed by atoms with Crippen LogP contribution in [0.4, 0.5) is 8.78 Å². The van der Waals surface area contributed by atoms with Gasteiger partial charge in [0.2, 0.25) is 15.8 Å². The molecule has 1 aromatic heterocycles. The molecule has 0 unspecified atom stereocenters. The number of sulfonamides is 1. The van der Waals surface area contributed by atoms with Crippen molar-refractivity contribution >= 4 is 27.1 Å². The number of carbonyl (C=O) groups is 1. The molecule has 2 aromatic rings. The molecule has 4 nitrogen and oxygen atoms in total. The van der Waals surface area contributed by atoms with Gasteiger partial charge in [0, 0.05) is 17.0 Å². The van der Waals surface area contributed by atoms with Crippen LogP contribution >= 0.6 is 11.3 Å². The number of ketones is 1. The van der Waals surface area contributed by atoms with Gasteiger partial charge in [-0.3, -0.25) is 4.79 Å². The third-order valence-corrected chi connectivity index (χ3v) is 4.22. The average Bonchev–Trinajstić information content (AvgIpc) is 2.75. The summed E-state index contributed by atoms with van der Waals surface area (Å²) in [5, 5.41) is 6.10. The van der Waals surface area contributed by atoms with Gasteiger partial charge in [-0.2, -0.15) is 0 Å². The highest BCUT2D eigenvalue weighted by Gasteiger charge is 2.17. The number of nitrogens with two attached hydrogens (primary N) is 1. The van der Waals surface area contributed by atoms with Crippen LogP contribution in [0, 0.1) is 11.6 Å². The van der Waals surface area contributed by atoms with Gasteiger partial charge in [0.1, 0.15) is 11.6 Å². The fraction of sp³-hybridized carbons (Fsp3) is 0. The minimum absolute atomic E-state index is 0.0361. The van der Waals surface area contributed by atoms with Crippen molar-refractivity contribution in [1.82, 2.24) is 0 Å². The molecule has 0 atom stereocenters. The van der Waals surface area contributed by atoms with Crippen LogP contribution in [0.5, 0.6) is 0 Å². The second kappa shape index (κ2) is 4.80. The van der Waals surface area contributed by atoms with Crippen molar-refractivity contribution in [3.05, 3.63) is 51.7 Å². The van der Waals surface area contributed by atoms with Crippen molar-refractivity contribution in [2.75, 3.05) is 0 Å². The summed E-state index contributed by atoms with van der Waals surface area (Å²) < 4.78 is 48.1. The molecular formula is C11H7F2NO3S2. The topological polar surface area (TPSA) is 77.2 Å². The average molecular weight is 303 g/mol. The Kier molecular flexibility index (Phi) is 3.48. The van der Waals surface area contributed by atoms with Crippen LogP contribution in [0.25, 0.3) is 0 Å². The van der Waals surface area contributed by atoms with Crippen LogP contribution in [-0.2, 0) is 10.0 Å². The zero-order valence-electron chi connectivity index (χ0n) is 9.26. The molecule has 1 aromatic carbocycles. The smallest absolute Gasteiger partial charge is 0.238 e. The van der Waals surface area contributed by atoms with E-state index >= 15 is 0 Å². The molecule has 0 radical (unpaired) electrons. The summed E-state index contributed by atoms with van der Waals surface area (Å²) in [4.78, 5) is 11.8. The van der Waals surface area contributed by atoms with Crippen LogP contribution in [-0.4, -0.2) is 14.2 Å². The van der Waals surface area contributed by atoms with E-state index in [9.17, 15) is 22.0 Å². The molecule has 0 aliphatic carbocycles. The van der Waals surface area contributed by atoms with Gasteiger partial charge >= 0.3 is 0 Å². The Morgan fingerprint density at radius 1 is 1.11 bits per heavy atom. The SMILES string of the molecule is NS(=O)(=O)c1csc(C(=O)c2cc(F)cc(F)c2)c1. The van der Waals surface area contributed by atoms with Gasteiger partial charge in [-0.1, -0.05) is 0 Å². The molecule has 19 heavy (non-hydrogen) atoms. The van der Waals surface area contributed by atoms with Gasteiger partial charge in [0.25, 0.3) is 0 Å². The monoisotopic (exact) mass is 303 g/mol. The summed E-state index contributed by atoms with van der Waals surface area (Å²) in [5.74, 6) is -2.43. The van der Waals surface area contributed by atoms with Crippen LogP contribution in [0.15, 0.2) is 34.5 Å². The number of thiophene rings is 1. The molecule has 0 aliphatic heterocycles. The summed E-state index contributed by atoms with van der Waals surface area (Å²) in [5.41, 5.74) is -0.194. The van der Waals surface area contributed by atoms with E-state index in [4.69, 9.17) is 5.14 Å². The fourth-order valence-corrected chi connectivity index (χ4v) is 3.18. The van der Waals surface area contributed by atoms with Gasteiger partial charge in [-0.15, -0.1) is 11.3 Å². The summed E-state index contributed by atoms with van der Waals surface area (Å²) in [6, 6.07) is 3.47. The first kappa shape index (κ1) is 13.8. The van der Waals surface area contributed by atoms with E-state index in [-0.39, 0.29) is 15.3 Å². The number of primary sulfonamides is 1. The Morgan fingerprint density at radius 2 is 1.68 bits per heavy atom. The van der Waals surface area contributed by atoms with Gasteiger partial charge in [-0.25, -0.2) is 22.3 Å². The minimum Gasteiger partial charge on any atom is -0.288 e. The van der Waals surface area contributed by atoms with Crippen LogP contribution in [0.2, 0.25) is 0 Å². The lowest BCUT2D eigenvalue weighted by molar-refractivity contribution is 0.104. The summed E-state index contributed by atoms with van der Waals surface area (Å²) in [7, 11) is -3.90. The van der Waals surface area contributed by atoms with Gasteiger partial charge in [0.05, 0.1) is 9.77 Å². The molecule has 1 heterocycles. The molecule has 0 saturated carbocycles. The van der Waals surface area contributed by atoms with Crippen molar-refractivity contribution < 1.29 is 22.0 Å². The second-order valence-corrected chi connectivity index (χ2v) is 6.15. The molecule has 0 spiro atoms. The maximum Gasteiger partial charge on any atom is 0.238 e. The maximum absolute atomic E-state index is 13.0. The molecular weight excluding hydrogens is 296 g/mol. The highest BCUT2D eigenvalue weighted by Crippen LogP contribution is 2.22. The zero-order chi connectivity index (χ0) is 14.2. The first-order valence-corrected chi connectivity index (χ1v) is 7.32. The van der Waals surface area contributed by atoms with Crippen LogP contribution in [0.1, 0.15) is 15.2 Å². The zero-order valence-corrected chi connectivity index (χ0v) is 10.9. The molecule has 0 saturated heterocycles. The lowest BCUT2D eigenvalue weighted by Crippen LogP contribution is -2.11. The van der Waals surface area contributed by atoms with Crippen molar-refractivity contribution in [2.24, 2.45) is 5.14 Å². The van der Waals surface area contributed by atoms with E-state index < -0.39 is 27.4 Å². The predicted octanol–water partition coefficient (Wildman–Crippen LogP) is 1.90. The Bertz CT molecular complexity index is 733. The van der Waals surface area contributed by atoms with Gasteiger partial charge in [0.15, 0.2) is 0 Å². The number of carbonyl (C=O) groups excluding carboxylic acids is 1. The molecule has 0 aliphatic rings. The van der Waals surface area contributed by atoms with E-state index in [2.05, 4.69) is 0 Å². The lowest BCUT2D eigenvalue weighted by Gasteiger charge is -1.99. The lowest BCUT2D eigenvalue weighted by atomic mass is 10.1. The third-order valence-electron chi connectivity index (χ3n) is 2.25. The molecule has 0 fully saturated rings. The maximum atomic E-state index is 13.0. The van der Waals surface area contributed by atoms with Crippen molar-refractivity contribution in [3.63, 3.8) is 0 Å². The number of halogens is 2. The normalized spacial score (nSPS) is 11.5. The third kappa shape index (κ3) is 3.03. The number of rotatable bonds is 3. The Labute approximate surface area is 111 Å². The molecule has 0 bridgehead atoms. The van der Waals surface area contributed by atoms with E-state index in [0.29, 0.717) is 6.07 Å². The molecule has 0 amide bonds. The first-order chi connectivity index (χ1) is 8.77. The minimum atomic E-state index is -3.90. The quantitative estimate of drug-likeness (QED) is 0.880. The first-order valence-electron chi connectivity index (χ1n) is 4.89. The molecule has 8 heteroatoms. The number of hydrogen-bond acceptors (Lipinski definition) is 4. The standard InChI is InChI=1S/C11H7F2NO3S2/c12-7-1-6(2-8(13)3-7)11(15)10-4-9(5-18-10)19(14,16)17/h1-5H,(H2,14,16,17). The fourth-order valence-electron chi connectivity index (χ4n) is 1.41. The summed E-state index contributed by atoms with van der Waals surface area (Å²) >= 11 is 0.837. The molecule has 2 rings (SSSR count). The highest BCUT2D eigenvalue weighted by atomic mass is 32.2. The van der Waals surface area contributed by atoms with Gasteiger partial charge < -0.3 is 0 Å².